The fourth-order valence-corrected chi connectivity index (χ4v) is 3.79. The zero-order valence-electron chi connectivity index (χ0n) is 16.8. The molecule has 1 aliphatic carbocycles. The van der Waals surface area contributed by atoms with E-state index in [4.69, 9.17) is 4.98 Å². The van der Waals surface area contributed by atoms with Crippen LogP contribution in [0.2, 0.25) is 0 Å². The average Bonchev–Trinajstić information content (AvgIpc) is 3.12. The van der Waals surface area contributed by atoms with Crippen molar-refractivity contribution in [1.29, 1.82) is 0 Å². The Labute approximate surface area is 174 Å². The van der Waals surface area contributed by atoms with Crippen LogP contribution in [0.4, 0.5) is 11.5 Å². The summed E-state index contributed by atoms with van der Waals surface area (Å²) in [5.41, 5.74) is 2.84. The minimum atomic E-state index is -0.188. The molecule has 0 atom stereocenters. The number of nitrogens with zero attached hydrogens (tertiary/aromatic N) is 6. The molecule has 0 unspecified atom stereocenters. The van der Waals surface area contributed by atoms with Crippen molar-refractivity contribution in [1.82, 2.24) is 24.7 Å². The molecule has 0 spiro atoms. The highest BCUT2D eigenvalue weighted by Crippen LogP contribution is 2.28. The lowest BCUT2D eigenvalue weighted by atomic mass is 9.85. The van der Waals surface area contributed by atoms with Crippen LogP contribution in [0, 0.1) is 5.92 Å². The van der Waals surface area contributed by atoms with Gasteiger partial charge in [-0.15, -0.1) is 0 Å². The van der Waals surface area contributed by atoms with Crippen molar-refractivity contribution >= 4 is 39.5 Å². The van der Waals surface area contributed by atoms with E-state index in [-0.39, 0.29) is 12.5 Å². The van der Waals surface area contributed by atoms with Gasteiger partial charge in [-0.05, 0) is 49.1 Å². The van der Waals surface area contributed by atoms with Crippen molar-refractivity contribution < 1.29 is 4.79 Å². The monoisotopic (exact) mass is 401 g/mol. The second-order valence-electron chi connectivity index (χ2n) is 7.88. The first-order valence-corrected chi connectivity index (χ1v) is 10.2. The molecule has 0 aliphatic heterocycles. The van der Waals surface area contributed by atoms with Gasteiger partial charge in [0.15, 0.2) is 5.65 Å². The zero-order valence-corrected chi connectivity index (χ0v) is 16.8. The van der Waals surface area contributed by atoms with Crippen LogP contribution in [0.15, 0.2) is 48.9 Å². The number of anilines is 2. The molecular formula is C22H23N7O. The minimum Gasteiger partial charge on any atom is -0.359 e. The summed E-state index contributed by atoms with van der Waals surface area (Å²) in [4.78, 5) is 28.2. The van der Waals surface area contributed by atoms with Crippen molar-refractivity contribution in [3.05, 3.63) is 48.9 Å². The number of carbonyl (C=O) groups excluding carboxylic acids is 1. The second-order valence-corrected chi connectivity index (χ2v) is 7.88. The minimum absolute atomic E-state index is 0.0759. The van der Waals surface area contributed by atoms with Gasteiger partial charge in [-0.1, -0.05) is 6.42 Å². The van der Waals surface area contributed by atoms with Crippen LogP contribution in [0.3, 0.4) is 0 Å². The van der Waals surface area contributed by atoms with Gasteiger partial charge >= 0.3 is 0 Å². The molecule has 0 aromatic carbocycles. The van der Waals surface area contributed by atoms with Crippen molar-refractivity contribution in [2.45, 2.75) is 25.8 Å². The SMILES string of the molecule is CN(CC1CCC1)c1ccc2cnn(CC(=O)Nc3cnc4cccnc4c3)c2n1. The van der Waals surface area contributed by atoms with Crippen molar-refractivity contribution in [2.24, 2.45) is 5.92 Å². The predicted octanol–water partition coefficient (Wildman–Crippen LogP) is 3.25. The highest BCUT2D eigenvalue weighted by Gasteiger charge is 2.20. The third kappa shape index (κ3) is 3.68. The molecule has 8 heteroatoms. The first kappa shape index (κ1) is 18.5. The molecule has 0 saturated heterocycles. The number of carbonyl (C=O) groups is 1. The van der Waals surface area contributed by atoms with Gasteiger partial charge in [-0.2, -0.15) is 5.10 Å². The molecule has 0 radical (unpaired) electrons. The molecule has 8 nitrogen and oxygen atoms in total. The molecular weight excluding hydrogens is 378 g/mol. The fraction of sp³-hybridized carbons (Fsp3) is 0.318. The number of nitrogens with one attached hydrogen (secondary N) is 1. The molecule has 1 amide bonds. The Kier molecular flexibility index (Phi) is 4.74. The van der Waals surface area contributed by atoms with E-state index < -0.39 is 0 Å². The summed E-state index contributed by atoms with van der Waals surface area (Å²) in [6.07, 6.45) is 9.00. The van der Waals surface area contributed by atoms with E-state index in [0.717, 1.165) is 34.7 Å². The van der Waals surface area contributed by atoms with Crippen LogP contribution in [0.25, 0.3) is 22.1 Å². The molecule has 1 aliphatic rings. The summed E-state index contributed by atoms with van der Waals surface area (Å²) in [6, 6.07) is 9.56. The summed E-state index contributed by atoms with van der Waals surface area (Å²) in [7, 11) is 2.07. The van der Waals surface area contributed by atoms with Gasteiger partial charge in [-0.3, -0.25) is 14.8 Å². The Morgan fingerprint density at radius 3 is 2.93 bits per heavy atom. The molecule has 4 aromatic rings. The molecule has 4 heterocycles. The quantitative estimate of drug-likeness (QED) is 0.534. The maximum absolute atomic E-state index is 12.6. The zero-order chi connectivity index (χ0) is 20.5. The van der Waals surface area contributed by atoms with Gasteiger partial charge in [0, 0.05) is 25.2 Å². The number of hydrogen-bond donors (Lipinski definition) is 1. The van der Waals surface area contributed by atoms with Crippen LogP contribution in [0.1, 0.15) is 19.3 Å². The second kappa shape index (κ2) is 7.70. The number of rotatable bonds is 6. The fourth-order valence-electron chi connectivity index (χ4n) is 3.79. The van der Waals surface area contributed by atoms with Crippen LogP contribution in [-0.2, 0) is 11.3 Å². The molecule has 0 bridgehead atoms. The third-order valence-electron chi connectivity index (χ3n) is 5.65. The molecule has 1 N–H and O–H groups in total. The van der Waals surface area contributed by atoms with Crippen molar-refractivity contribution in [2.75, 3.05) is 23.8 Å². The largest absolute Gasteiger partial charge is 0.359 e. The highest BCUT2D eigenvalue weighted by atomic mass is 16.2. The summed E-state index contributed by atoms with van der Waals surface area (Å²) in [5.74, 6) is 1.47. The normalized spacial score (nSPS) is 14.0. The van der Waals surface area contributed by atoms with Crippen LogP contribution in [0.5, 0.6) is 0 Å². The Hall–Kier alpha value is -3.55. The molecule has 5 rings (SSSR count). The molecule has 1 saturated carbocycles. The lowest BCUT2D eigenvalue weighted by molar-refractivity contribution is -0.116. The maximum Gasteiger partial charge on any atom is 0.246 e. The standard InChI is InChI=1S/C22H23N7O/c1-28(13-15-4-2-5-15)20-8-7-16-11-25-29(22(16)27-20)14-21(30)26-17-10-19-18(24-12-17)6-3-9-23-19/h3,6-12,15H,2,4-5,13-14H2,1H3,(H,26,30). The molecule has 1 fully saturated rings. The first-order chi connectivity index (χ1) is 14.7. The van der Waals surface area contributed by atoms with Gasteiger partial charge in [-0.25, -0.2) is 9.67 Å². The van der Waals surface area contributed by atoms with E-state index in [1.54, 1.807) is 23.3 Å². The summed E-state index contributed by atoms with van der Waals surface area (Å²) >= 11 is 0. The maximum atomic E-state index is 12.6. The van der Waals surface area contributed by atoms with Gasteiger partial charge < -0.3 is 10.2 Å². The number of fused-ring (bicyclic) bond motifs is 2. The Balaban J connectivity index is 1.32. The van der Waals surface area contributed by atoms with E-state index in [1.165, 1.54) is 19.3 Å². The van der Waals surface area contributed by atoms with E-state index in [2.05, 4.69) is 32.3 Å². The Morgan fingerprint density at radius 1 is 1.20 bits per heavy atom. The van der Waals surface area contributed by atoms with Gasteiger partial charge in [0.25, 0.3) is 0 Å². The number of pyridine rings is 3. The summed E-state index contributed by atoms with van der Waals surface area (Å²) in [6.45, 7) is 1.09. The number of aromatic nitrogens is 5. The van der Waals surface area contributed by atoms with Crippen LogP contribution in [-0.4, -0.2) is 44.2 Å². The van der Waals surface area contributed by atoms with E-state index >= 15 is 0 Å². The lowest BCUT2D eigenvalue weighted by Gasteiger charge is -2.30. The third-order valence-corrected chi connectivity index (χ3v) is 5.65. The van der Waals surface area contributed by atoms with E-state index in [1.807, 2.05) is 30.3 Å². The predicted molar refractivity (Wildman–Crippen MR) is 116 cm³/mol. The van der Waals surface area contributed by atoms with Gasteiger partial charge in [0.2, 0.25) is 5.91 Å². The smallest absolute Gasteiger partial charge is 0.246 e. The lowest BCUT2D eigenvalue weighted by Crippen LogP contribution is -2.29. The number of amides is 1. The van der Waals surface area contributed by atoms with E-state index in [0.29, 0.717) is 11.3 Å². The molecule has 4 aromatic heterocycles. The molecule has 152 valence electrons. The van der Waals surface area contributed by atoms with Gasteiger partial charge in [0.05, 0.1) is 29.1 Å². The summed E-state index contributed by atoms with van der Waals surface area (Å²) in [5, 5.41) is 8.15. The average molecular weight is 401 g/mol. The van der Waals surface area contributed by atoms with Crippen molar-refractivity contribution in [3.8, 4) is 0 Å². The molecule has 30 heavy (non-hydrogen) atoms. The topological polar surface area (TPSA) is 88.8 Å². The first-order valence-electron chi connectivity index (χ1n) is 10.2. The van der Waals surface area contributed by atoms with Crippen LogP contribution < -0.4 is 10.2 Å². The Morgan fingerprint density at radius 2 is 2.10 bits per heavy atom. The Bertz CT molecular complexity index is 1210. The van der Waals surface area contributed by atoms with Gasteiger partial charge in [0.1, 0.15) is 12.4 Å². The number of hydrogen-bond acceptors (Lipinski definition) is 6. The highest BCUT2D eigenvalue weighted by molar-refractivity contribution is 5.93. The van der Waals surface area contributed by atoms with E-state index in [9.17, 15) is 4.79 Å². The van der Waals surface area contributed by atoms with Crippen molar-refractivity contribution in [3.63, 3.8) is 0 Å². The van der Waals surface area contributed by atoms with Crippen LogP contribution >= 0.6 is 0 Å². The summed E-state index contributed by atoms with van der Waals surface area (Å²) < 4.78 is 1.64.